The summed E-state index contributed by atoms with van der Waals surface area (Å²) in [6, 6.07) is 4.96. The molecule has 1 heterocycles. The Kier molecular flexibility index (Phi) is 3.90. The van der Waals surface area contributed by atoms with Gasteiger partial charge in [-0.15, -0.1) is 13.2 Å². The Hall–Kier alpha value is -2.45. The minimum atomic E-state index is -4.92. The van der Waals surface area contributed by atoms with Crippen molar-refractivity contribution in [3.8, 4) is 16.9 Å². The van der Waals surface area contributed by atoms with E-state index >= 15 is 0 Å². The highest BCUT2D eigenvalue weighted by atomic mass is 19.4. The van der Waals surface area contributed by atoms with Crippen LogP contribution in [0.2, 0.25) is 0 Å². The summed E-state index contributed by atoms with van der Waals surface area (Å²) in [5.41, 5.74) is -2.84. The van der Waals surface area contributed by atoms with Crippen molar-refractivity contribution in [1.82, 2.24) is 4.98 Å². The molecule has 2 aromatic rings. The number of hydrogen-bond acceptors (Lipinski definition) is 2. The molecule has 1 aromatic heterocycles. The first kappa shape index (κ1) is 15.9. The van der Waals surface area contributed by atoms with E-state index in [1.54, 1.807) is 0 Å². The molecule has 0 radical (unpaired) electrons. The molecule has 22 heavy (non-hydrogen) atoms. The van der Waals surface area contributed by atoms with E-state index in [4.69, 9.17) is 0 Å². The Balaban J connectivity index is 2.45. The minimum absolute atomic E-state index is 0.0310. The number of aromatic nitrogens is 1. The van der Waals surface area contributed by atoms with Crippen LogP contribution in [0.3, 0.4) is 0 Å². The molecule has 1 aromatic carbocycles. The third-order valence-corrected chi connectivity index (χ3v) is 2.61. The van der Waals surface area contributed by atoms with Crippen LogP contribution in [0, 0.1) is 0 Å². The van der Waals surface area contributed by atoms with Crippen molar-refractivity contribution in [3.63, 3.8) is 0 Å². The molecule has 0 saturated carbocycles. The van der Waals surface area contributed by atoms with Crippen molar-refractivity contribution in [2.45, 2.75) is 12.5 Å². The van der Waals surface area contributed by atoms with Crippen molar-refractivity contribution in [2.24, 2.45) is 0 Å². The topological polar surface area (TPSA) is 42.1 Å². The van der Waals surface area contributed by atoms with Gasteiger partial charge in [0.1, 0.15) is 11.3 Å². The molecule has 118 valence electrons. The van der Waals surface area contributed by atoms with Crippen LogP contribution in [0.15, 0.2) is 41.3 Å². The molecule has 9 heteroatoms. The van der Waals surface area contributed by atoms with E-state index in [9.17, 15) is 31.1 Å². The number of alkyl halides is 6. The van der Waals surface area contributed by atoms with Crippen LogP contribution < -0.4 is 10.3 Å². The quantitative estimate of drug-likeness (QED) is 0.850. The molecule has 0 fully saturated rings. The molecular formula is C13H7F6NO2. The van der Waals surface area contributed by atoms with E-state index in [1.807, 2.05) is 4.98 Å². The summed E-state index contributed by atoms with van der Waals surface area (Å²) in [5.74, 6) is -0.579. The second-order valence-corrected chi connectivity index (χ2v) is 4.20. The average molecular weight is 323 g/mol. The second kappa shape index (κ2) is 5.39. The van der Waals surface area contributed by atoms with E-state index < -0.39 is 29.4 Å². The summed E-state index contributed by atoms with van der Waals surface area (Å²) in [6.45, 7) is 0. The van der Waals surface area contributed by atoms with E-state index in [0.29, 0.717) is 6.07 Å². The second-order valence-electron chi connectivity index (χ2n) is 4.20. The first-order valence-corrected chi connectivity index (χ1v) is 5.72. The fourth-order valence-corrected chi connectivity index (χ4v) is 1.73. The Labute approximate surface area is 119 Å². The van der Waals surface area contributed by atoms with Gasteiger partial charge in [0, 0.05) is 6.20 Å². The zero-order valence-electron chi connectivity index (χ0n) is 10.5. The standard InChI is InChI=1S/C13H7F6NO2/c14-12(15,16)10-5-8(6-20-11(10)21)7-2-1-3-9(4-7)22-13(17,18)19/h1-6H,(H,20,21). The SMILES string of the molecule is O=c1[nH]cc(-c2cccc(OC(F)(F)F)c2)cc1C(F)(F)F. The van der Waals surface area contributed by atoms with Crippen LogP contribution >= 0.6 is 0 Å². The highest BCUT2D eigenvalue weighted by molar-refractivity contribution is 5.64. The van der Waals surface area contributed by atoms with Crippen LogP contribution in [-0.2, 0) is 6.18 Å². The Bertz CT molecular complexity index is 732. The predicted octanol–water partition coefficient (Wildman–Crippen LogP) is 3.96. The van der Waals surface area contributed by atoms with Gasteiger partial charge in [-0.25, -0.2) is 0 Å². The minimum Gasteiger partial charge on any atom is -0.406 e. The lowest BCUT2D eigenvalue weighted by Crippen LogP contribution is -2.21. The number of rotatable bonds is 2. The molecule has 2 rings (SSSR count). The van der Waals surface area contributed by atoms with Crippen LogP contribution in [0.4, 0.5) is 26.3 Å². The zero-order valence-corrected chi connectivity index (χ0v) is 10.5. The molecular weight excluding hydrogens is 316 g/mol. The van der Waals surface area contributed by atoms with Crippen LogP contribution in [-0.4, -0.2) is 11.3 Å². The highest BCUT2D eigenvalue weighted by Gasteiger charge is 2.34. The van der Waals surface area contributed by atoms with Crippen molar-refractivity contribution in [3.05, 3.63) is 52.4 Å². The van der Waals surface area contributed by atoms with E-state index in [0.717, 1.165) is 18.3 Å². The van der Waals surface area contributed by atoms with Crippen LogP contribution in [0.1, 0.15) is 5.56 Å². The van der Waals surface area contributed by atoms with Crippen molar-refractivity contribution < 1.29 is 31.1 Å². The lowest BCUT2D eigenvalue weighted by Gasteiger charge is -2.11. The molecule has 0 aliphatic rings. The zero-order chi connectivity index (χ0) is 16.5. The highest BCUT2D eigenvalue weighted by Crippen LogP contribution is 2.31. The van der Waals surface area contributed by atoms with Gasteiger partial charge in [-0.1, -0.05) is 12.1 Å². The largest absolute Gasteiger partial charge is 0.573 e. The fraction of sp³-hybridized carbons (Fsp3) is 0.154. The lowest BCUT2D eigenvalue weighted by atomic mass is 10.1. The van der Waals surface area contributed by atoms with Gasteiger partial charge in [-0.05, 0) is 29.3 Å². The molecule has 1 N–H and O–H groups in total. The summed E-state index contributed by atoms with van der Waals surface area (Å²) in [6.07, 6.45) is -8.81. The van der Waals surface area contributed by atoms with E-state index in [1.165, 1.54) is 12.1 Å². The fourth-order valence-electron chi connectivity index (χ4n) is 1.73. The van der Waals surface area contributed by atoms with Gasteiger partial charge >= 0.3 is 12.5 Å². The smallest absolute Gasteiger partial charge is 0.406 e. The van der Waals surface area contributed by atoms with Gasteiger partial charge in [0.25, 0.3) is 5.56 Å². The molecule has 0 amide bonds. The van der Waals surface area contributed by atoms with Gasteiger partial charge in [0.05, 0.1) is 0 Å². The number of hydrogen-bond donors (Lipinski definition) is 1. The van der Waals surface area contributed by atoms with E-state index in [-0.39, 0.29) is 11.1 Å². The third kappa shape index (κ3) is 3.80. The molecule has 3 nitrogen and oxygen atoms in total. The number of H-pyrrole nitrogens is 1. The van der Waals surface area contributed by atoms with Gasteiger partial charge < -0.3 is 9.72 Å². The Morgan fingerprint density at radius 1 is 0.955 bits per heavy atom. The maximum Gasteiger partial charge on any atom is 0.573 e. The molecule has 0 atom stereocenters. The summed E-state index contributed by atoms with van der Waals surface area (Å²) in [7, 11) is 0. The van der Waals surface area contributed by atoms with Gasteiger partial charge in [0.2, 0.25) is 0 Å². The summed E-state index contributed by atoms with van der Waals surface area (Å²) in [4.78, 5) is 13.1. The van der Waals surface area contributed by atoms with E-state index in [2.05, 4.69) is 4.74 Å². The maximum absolute atomic E-state index is 12.7. The summed E-state index contributed by atoms with van der Waals surface area (Å²) in [5, 5.41) is 0. The summed E-state index contributed by atoms with van der Waals surface area (Å²) < 4.78 is 78.0. The van der Waals surface area contributed by atoms with Crippen LogP contribution in [0.25, 0.3) is 11.1 Å². The first-order valence-electron chi connectivity index (χ1n) is 5.72. The molecule has 0 aliphatic heterocycles. The first-order chi connectivity index (χ1) is 10.1. The monoisotopic (exact) mass is 323 g/mol. The molecule has 0 aliphatic carbocycles. The van der Waals surface area contributed by atoms with Gasteiger partial charge in [-0.2, -0.15) is 13.2 Å². The number of halogens is 6. The number of ether oxygens (including phenoxy) is 1. The van der Waals surface area contributed by atoms with Crippen molar-refractivity contribution in [1.29, 1.82) is 0 Å². The molecule has 0 bridgehead atoms. The molecule has 0 unspecified atom stereocenters. The van der Waals surface area contributed by atoms with Crippen molar-refractivity contribution >= 4 is 0 Å². The number of pyridine rings is 1. The van der Waals surface area contributed by atoms with Crippen molar-refractivity contribution in [2.75, 3.05) is 0 Å². The summed E-state index contributed by atoms with van der Waals surface area (Å²) >= 11 is 0. The Morgan fingerprint density at radius 3 is 2.23 bits per heavy atom. The number of benzene rings is 1. The van der Waals surface area contributed by atoms with Gasteiger partial charge in [0.15, 0.2) is 0 Å². The molecule has 0 spiro atoms. The maximum atomic E-state index is 12.7. The number of nitrogens with one attached hydrogen (secondary N) is 1. The van der Waals surface area contributed by atoms with Gasteiger partial charge in [-0.3, -0.25) is 4.79 Å². The average Bonchev–Trinajstić information content (AvgIpc) is 2.36. The predicted molar refractivity (Wildman–Crippen MR) is 64.2 cm³/mol. The molecule has 0 saturated heterocycles. The third-order valence-electron chi connectivity index (χ3n) is 2.61. The van der Waals surface area contributed by atoms with Crippen LogP contribution in [0.5, 0.6) is 5.75 Å². The normalized spacial score (nSPS) is 12.3. The lowest BCUT2D eigenvalue weighted by molar-refractivity contribution is -0.274. The Morgan fingerprint density at radius 2 is 1.64 bits per heavy atom. The number of aromatic amines is 1.